The minimum absolute atomic E-state index is 0.187. The van der Waals surface area contributed by atoms with Gasteiger partial charge in [-0.3, -0.25) is 9.78 Å². The first-order chi connectivity index (χ1) is 7.98. The van der Waals surface area contributed by atoms with Crippen molar-refractivity contribution in [3.05, 3.63) is 18.1 Å². The molecule has 0 atom stereocenters. The van der Waals surface area contributed by atoms with E-state index in [0.717, 1.165) is 12.8 Å². The maximum Gasteiger partial charge on any atom is 0.271 e. The van der Waals surface area contributed by atoms with Gasteiger partial charge in [0.25, 0.3) is 5.91 Å². The minimum atomic E-state index is -0.219. The van der Waals surface area contributed by atoms with E-state index in [0.29, 0.717) is 11.5 Å². The number of carbonyl (C=O) groups excluding carboxylic acids is 1. The Labute approximate surface area is 102 Å². The average molecular weight is 236 g/mol. The highest BCUT2D eigenvalue weighted by atomic mass is 16.2. The number of aromatic nitrogens is 2. The summed E-state index contributed by atoms with van der Waals surface area (Å²) in [5, 5.41) is 5.81. The number of nitrogens with zero attached hydrogens (tertiary/aromatic N) is 2. The van der Waals surface area contributed by atoms with Crippen LogP contribution in [0.2, 0.25) is 0 Å². The monoisotopic (exact) mass is 236 g/mol. The number of hydrogen-bond acceptors (Lipinski definition) is 4. The standard InChI is InChI=1S/C12H20N4O/c1-5-6-12(2,3)16-11(17)9-7-14-8-10(13-4)15-9/h7-8H,5-6H2,1-4H3,(H,13,15)(H,16,17). The van der Waals surface area contributed by atoms with E-state index in [1.807, 2.05) is 13.8 Å². The Morgan fingerprint density at radius 1 is 1.41 bits per heavy atom. The van der Waals surface area contributed by atoms with Crippen LogP contribution in [0.15, 0.2) is 12.4 Å². The lowest BCUT2D eigenvalue weighted by atomic mass is 9.99. The Kier molecular flexibility index (Phi) is 4.43. The molecule has 0 spiro atoms. The third kappa shape index (κ3) is 4.01. The summed E-state index contributed by atoms with van der Waals surface area (Å²) in [4.78, 5) is 20.1. The van der Waals surface area contributed by atoms with Crippen LogP contribution >= 0.6 is 0 Å². The van der Waals surface area contributed by atoms with E-state index >= 15 is 0 Å². The highest BCUT2D eigenvalue weighted by Gasteiger charge is 2.20. The maximum absolute atomic E-state index is 12.0. The van der Waals surface area contributed by atoms with Crippen molar-refractivity contribution < 1.29 is 4.79 Å². The molecule has 1 amide bonds. The molecule has 1 aromatic heterocycles. The van der Waals surface area contributed by atoms with Gasteiger partial charge in [0, 0.05) is 12.6 Å². The van der Waals surface area contributed by atoms with Crippen LogP contribution in [0.25, 0.3) is 0 Å². The van der Waals surface area contributed by atoms with Crippen molar-refractivity contribution in [1.82, 2.24) is 15.3 Å². The van der Waals surface area contributed by atoms with Crippen LogP contribution in [-0.4, -0.2) is 28.5 Å². The van der Waals surface area contributed by atoms with Gasteiger partial charge in [-0.25, -0.2) is 4.98 Å². The Hall–Kier alpha value is -1.65. The molecule has 0 unspecified atom stereocenters. The number of nitrogens with one attached hydrogen (secondary N) is 2. The van der Waals surface area contributed by atoms with Crippen molar-refractivity contribution in [2.45, 2.75) is 39.2 Å². The van der Waals surface area contributed by atoms with E-state index < -0.39 is 0 Å². The van der Waals surface area contributed by atoms with Gasteiger partial charge in [-0.2, -0.15) is 0 Å². The Morgan fingerprint density at radius 2 is 2.12 bits per heavy atom. The predicted molar refractivity (Wildman–Crippen MR) is 68.0 cm³/mol. The van der Waals surface area contributed by atoms with Crippen LogP contribution in [0.4, 0.5) is 5.82 Å². The lowest BCUT2D eigenvalue weighted by Gasteiger charge is -2.25. The minimum Gasteiger partial charge on any atom is -0.372 e. The first kappa shape index (κ1) is 13.4. The summed E-state index contributed by atoms with van der Waals surface area (Å²) in [5.41, 5.74) is 0.115. The summed E-state index contributed by atoms with van der Waals surface area (Å²) in [6, 6.07) is 0. The number of carbonyl (C=O) groups is 1. The van der Waals surface area contributed by atoms with E-state index in [-0.39, 0.29) is 11.4 Å². The Morgan fingerprint density at radius 3 is 2.71 bits per heavy atom. The SMILES string of the molecule is CCCC(C)(C)NC(=O)c1cncc(NC)n1. The van der Waals surface area contributed by atoms with Crippen LogP contribution in [0.1, 0.15) is 44.1 Å². The zero-order valence-electron chi connectivity index (χ0n) is 10.9. The molecule has 0 aliphatic carbocycles. The molecule has 5 heteroatoms. The summed E-state index contributed by atoms with van der Waals surface area (Å²) in [7, 11) is 1.74. The van der Waals surface area contributed by atoms with Crippen LogP contribution < -0.4 is 10.6 Å². The van der Waals surface area contributed by atoms with E-state index in [1.165, 1.54) is 6.20 Å². The van der Waals surface area contributed by atoms with E-state index in [2.05, 4.69) is 27.5 Å². The molecule has 2 N–H and O–H groups in total. The lowest BCUT2D eigenvalue weighted by Crippen LogP contribution is -2.43. The second kappa shape index (κ2) is 5.61. The van der Waals surface area contributed by atoms with Crippen LogP contribution in [0.5, 0.6) is 0 Å². The smallest absolute Gasteiger partial charge is 0.271 e. The highest BCUT2D eigenvalue weighted by Crippen LogP contribution is 2.12. The normalized spacial score (nSPS) is 11.1. The van der Waals surface area contributed by atoms with E-state index in [4.69, 9.17) is 0 Å². The van der Waals surface area contributed by atoms with Gasteiger partial charge in [0.1, 0.15) is 11.5 Å². The topological polar surface area (TPSA) is 66.9 Å². The highest BCUT2D eigenvalue weighted by molar-refractivity contribution is 5.92. The number of rotatable bonds is 5. The zero-order valence-corrected chi connectivity index (χ0v) is 10.9. The van der Waals surface area contributed by atoms with Crippen molar-refractivity contribution >= 4 is 11.7 Å². The van der Waals surface area contributed by atoms with E-state index in [9.17, 15) is 4.79 Å². The predicted octanol–water partition coefficient (Wildman–Crippen LogP) is 1.83. The van der Waals surface area contributed by atoms with Crippen molar-refractivity contribution in [2.75, 3.05) is 12.4 Å². The largest absolute Gasteiger partial charge is 0.372 e. The molecule has 0 aliphatic heterocycles. The summed E-state index contributed by atoms with van der Waals surface area (Å²) in [5.74, 6) is 0.402. The van der Waals surface area contributed by atoms with Gasteiger partial charge in [0.05, 0.1) is 12.4 Å². The van der Waals surface area contributed by atoms with Gasteiger partial charge in [-0.1, -0.05) is 13.3 Å². The van der Waals surface area contributed by atoms with Gasteiger partial charge < -0.3 is 10.6 Å². The number of anilines is 1. The van der Waals surface area contributed by atoms with Crippen molar-refractivity contribution in [2.24, 2.45) is 0 Å². The summed E-state index contributed by atoms with van der Waals surface area (Å²) in [6.45, 7) is 6.10. The van der Waals surface area contributed by atoms with Crippen LogP contribution in [0.3, 0.4) is 0 Å². The Bertz CT molecular complexity index is 390. The third-order valence-electron chi connectivity index (χ3n) is 2.45. The van der Waals surface area contributed by atoms with E-state index in [1.54, 1.807) is 13.2 Å². The van der Waals surface area contributed by atoms with Crippen LogP contribution in [0, 0.1) is 0 Å². The number of amides is 1. The summed E-state index contributed by atoms with van der Waals surface area (Å²) < 4.78 is 0. The fourth-order valence-corrected chi connectivity index (χ4v) is 1.65. The number of hydrogen-bond donors (Lipinski definition) is 2. The van der Waals surface area contributed by atoms with Crippen molar-refractivity contribution in [3.8, 4) is 0 Å². The second-order valence-corrected chi connectivity index (χ2v) is 4.63. The van der Waals surface area contributed by atoms with Gasteiger partial charge in [0.15, 0.2) is 0 Å². The van der Waals surface area contributed by atoms with Crippen molar-refractivity contribution in [3.63, 3.8) is 0 Å². The van der Waals surface area contributed by atoms with Crippen LogP contribution in [-0.2, 0) is 0 Å². The molecule has 1 heterocycles. The summed E-state index contributed by atoms with van der Waals surface area (Å²) in [6.07, 6.45) is 5.00. The molecule has 17 heavy (non-hydrogen) atoms. The Balaban J connectivity index is 2.75. The molecule has 1 rings (SSSR count). The molecule has 0 aromatic carbocycles. The molecule has 0 aliphatic rings. The quantitative estimate of drug-likeness (QED) is 0.818. The molecule has 0 saturated heterocycles. The van der Waals surface area contributed by atoms with Crippen molar-refractivity contribution in [1.29, 1.82) is 0 Å². The molecule has 0 fully saturated rings. The van der Waals surface area contributed by atoms with Gasteiger partial charge in [-0.15, -0.1) is 0 Å². The molecule has 5 nitrogen and oxygen atoms in total. The third-order valence-corrected chi connectivity index (χ3v) is 2.45. The molecule has 0 radical (unpaired) electrons. The average Bonchev–Trinajstić information content (AvgIpc) is 2.28. The molecular weight excluding hydrogens is 216 g/mol. The lowest BCUT2D eigenvalue weighted by molar-refractivity contribution is 0.0903. The van der Waals surface area contributed by atoms with Gasteiger partial charge >= 0.3 is 0 Å². The zero-order chi connectivity index (χ0) is 12.9. The maximum atomic E-state index is 12.0. The van der Waals surface area contributed by atoms with Gasteiger partial charge in [0.2, 0.25) is 0 Å². The second-order valence-electron chi connectivity index (χ2n) is 4.63. The first-order valence-corrected chi connectivity index (χ1v) is 5.81. The summed E-state index contributed by atoms with van der Waals surface area (Å²) >= 11 is 0. The molecule has 0 bridgehead atoms. The first-order valence-electron chi connectivity index (χ1n) is 5.81. The van der Waals surface area contributed by atoms with Gasteiger partial charge in [-0.05, 0) is 20.3 Å². The fraction of sp³-hybridized carbons (Fsp3) is 0.583. The molecule has 0 saturated carbocycles. The molecular formula is C12H20N4O. The molecule has 1 aromatic rings. The fourth-order valence-electron chi connectivity index (χ4n) is 1.65. The molecule has 94 valence electrons.